The maximum Gasteiger partial charge on any atom is 0.292 e. The second-order valence-electron chi connectivity index (χ2n) is 7.72. The lowest BCUT2D eigenvalue weighted by Gasteiger charge is -2.25. The summed E-state index contributed by atoms with van der Waals surface area (Å²) in [5, 5.41) is 7.28. The molecule has 30 heavy (non-hydrogen) atoms. The van der Waals surface area contributed by atoms with E-state index in [2.05, 4.69) is 10.4 Å². The summed E-state index contributed by atoms with van der Waals surface area (Å²) >= 11 is 0. The minimum Gasteiger partial charge on any atom is -0.347 e. The van der Waals surface area contributed by atoms with E-state index < -0.39 is 11.7 Å². The Bertz CT molecular complexity index is 1040. The summed E-state index contributed by atoms with van der Waals surface area (Å²) in [6.07, 6.45) is 0. The summed E-state index contributed by atoms with van der Waals surface area (Å²) in [6, 6.07) is 17.7. The Morgan fingerprint density at radius 3 is 2.23 bits per heavy atom. The van der Waals surface area contributed by atoms with Crippen LogP contribution in [0.4, 0.5) is 0 Å². The fourth-order valence-corrected chi connectivity index (χ4v) is 3.56. The van der Waals surface area contributed by atoms with Crippen molar-refractivity contribution in [2.24, 2.45) is 0 Å². The second kappa shape index (κ2) is 9.05. The van der Waals surface area contributed by atoms with Crippen LogP contribution in [0.3, 0.4) is 0 Å². The SMILES string of the molecule is Cc1ccc(C(CNC(=O)C(=O)c2c(C)nn(-c3ccccc3)c2C)N(C)C)cc1. The summed E-state index contributed by atoms with van der Waals surface area (Å²) in [4.78, 5) is 27.6. The topological polar surface area (TPSA) is 67.2 Å². The molecule has 1 unspecified atom stereocenters. The quantitative estimate of drug-likeness (QED) is 0.484. The number of rotatable bonds is 7. The van der Waals surface area contributed by atoms with Gasteiger partial charge in [-0.1, -0.05) is 48.0 Å². The van der Waals surface area contributed by atoms with Gasteiger partial charge in [0.15, 0.2) is 0 Å². The lowest BCUT2D eigenvalue weighted by molar-refractivity contribution is -0.117. The Morgan fingerprint density at radius 2 is 1.63 bits per heavy atom. The molecule has 0 aliphatic rings. The molecule has 156 valence electrons. The molecule has 6 nitrogen and oxygen atoms in total. The van der Waals surface area contributed by atoms with Crippen LogP contribution in [-0.2, 0) is 4.79 Å². The Morgan fingerprint density at radius 1 is 1.00 bits per heavy atom. The van der Waals surface area contributed by atoms with Crippen molar-refractivity contribution in [3.8, 4) is 5.69 Å². The van der Waals surface area contributed by atoms with Gasteiger partial charge in [-0.15, -0.1) is 0 Å². The van der Waals surface area contributed by atoms with Gasteiger partial charge in [0.25, 0.3) is 11.7 Å². The molecule has 0 radical (unpaired) electrons. The molecule has 0 fully saturated rings. The number of carbonyl (C=O) groups excluding carboxylic acids is 2. The highest BCUT2D eigenvalue weighted by atomic mass is 16.2. The van der Waals surface area contributed by atoms with Crippen molar-refractivity contribution in [3.05, 3.63) is 82.7 Å². The van der Waals surface area contributed by atoms with Gasteiger partial charge in [-0.05, 0) is 52.6 Å². The van der Waals surface area contributed by atoms with E-state index in [-0.39, 0.29) is 6.04 Å². The largest absolute Gasteiger partial charge is 0.347 e. The van der Waals surface area contributed by atoms with Gasteiger partial charge in [-0.25, -0.2) is 4.68 Å². The molecule has 0 spiro atoms. The number of para-hydroxylation sites is 1. The van der Waals surface area contributed by atoms with Gasteiger partial charge in [-0.2, -0.15) is 5.10 Å². The first-order chi connectivity index (χ1) is 14.3. The van der Waals surface area contributed by atoms with E-state index in [4.69, 9.17) is 0 Å². The highest BCUT2D eigenvalue weighted by Crippen LogP contribution is 2.20. The fraction of sp³-hybridized carbons (Fsp3) is 0.292. The van der Waals surface area contributed by atoms with E-state index >= 15 is 0 Å². The number of nitrogens with zero attached hydrogens (tertiary/aromatic N) is 3. The number of hydrogen-bond donors (Lipinski definition) is 1. The average molecular weight is 405 g/mol. The van der Waals surface area contributed by atoms with Crippen molar-refractivity contribution in [3.63, 3.8) is 0 Å². The number of amides is 1. The normalized spacial score (nSPS) is 12.1. The van der Waals surface area contributed by atoms with Crippen molar-refractivity contribution in [2.45, 2.75) is 26.8 Å². The summed E-state index contributed by atoms with van der Waals surface area (Å²) in [5.74, 6) is -1.18. The molecular formula is C24H28N4O2. The Balaban J connectivity index is 1.77. The van der Waals surface area contributed by atoms with Gasteiger partial charge in [0, 0.05) is 6.54 Å². The van der Waals surface area contributed by atoms with Gasteiger partial charge >= 0.3 is 0 Å². The maximum atomic E-state index is 12.9. The average Bonchev–Trinajstić information content (AvgIpc) is 3.03. The molecule has 1 aromatic heterocycles. The predicted octanol–water partition coefficient (Wildman–Crippen LogP) is 3.40. The summed E-state index contributed by atoms with van der Waals surface area (Å²) in [6.45, 7) is 5.94. The number of benzene rings is 2. The molecule has 1 amide bonds. The number of Topliss-reactive ketones (excluding diaryl/α,β-unsaturated/α-hetero) is 1. The van der Waals surface area contributed by atoms with Crippen molar-refractivity contribution in [1.29, 1.82) is 0 Å². The standard InChI is InChI=1S/C24H28N4O2/c1-16-11-13-19(14-12-16)21(27(4)5)15-25-24(30)23(29)22-17(2)26-28(18(22)3)20-9-7-6-8-10-20/h6-14,21H,15H2,1-5H3,(H,25,30). The lowest BCUT2D eigenvalue weighted by atomic mass is 10.0. The summed E-state index contributed by atoms with van der Waals surface area (Å²) < 4.78 is 1.70. The maximum absolute atomic E-state index is 12.9. The molecule has 0 saturated heterocycles. The third-order valence-corrected chi connectivity index (χ3v) is 5.27. The third kappa shape index (κ3) is 4.49. The Labute approximate surface area is 177 Å². The molecule has 0 aliphatic carbocycles. The molecule has 3 aromatic rings. The monoisotopic (exact) mass is 404 g/mol. The van der Waals surface area contributed by atoms with Crippen molar-refractivity contribution >= 4 is 11.7 Å². The van der Waals surface area contributed by atoms with E-state index in [0.29, 0.717) is 23.5 Å². The Hall–Kier alpha value is -3.25. The zero-order chi connectivity index (χ0) is 21.8. The Kier molecular flexibility index (Phi) is 6.47. The fourth-order valence-electron chi connectivity index (χ4n) is 3.56. The first kappa shape index (κ1) is 21.5. The number of likely N-dealkylation sites (N-methyl/N-ethyl adjacent to an activating group) is 1. The first-order valence-electron chi connectivity index (χ1n) is 9.96. The van der Waals surface area contributed by atoms with Crippen molar-refractivity contribution < 1.29 is 9.59 Å². The molecule has 0 aliphatic heterocycles. The van der Waals surface area contributed by atoms with E-state index in [9.17, 15) is 9.59 Å². The first-order valence-corrected chi connectivity index (χ1v) is 9.96. The molecule has 1 N–H and O–H groups in total. The highest BCUT2D eigenvalue weighted by Gasteiger charge is 2.26. The number of carbonyl (C=O) groups is 2. The van der Waals surface area contributed by atoms with Gasteiger partial charge in [0.05, 0.1) is 28.7 Å². The highest BCUT2D eigenvalue weighted by molar-refractivity contribution is 6.43. The van der Waals surface area contributed by atoms with Gasteiger partial charge in [0.2, 0.25) is 0 Å². The van der Waals surface area contributed by atoms with Crippen LogP contribution >= 0.6 is 0 Å². The summed E-state index contributed by atoms with van der Waals surface area (Å²) in [5.41, 5.74) is 4.66. The minimum atomic E-state index is -0.618. The van der Waals surface area contributed by atoms with Crippen LogP contribution < -0.4 is 5.32 Å². The van der Waals surface area contributed by atoms with Crippen LogP contribution in [0.1, 0.15) is 38.9 Å². The van der Waals surface area contributed by atoms with Crippen LogP contribution in [0.5, 0.6) is 0 Å². The molecule has 6 heteroatoms. The minimum absolute atomic E-state index is 0.0309. The molecule has 0 bridgehead atoms. The van der Waals surface area contributed by atoms with Crippen molar-refractivity contribution in [2.75, 3.05) is 20.6 Å². The molecule has 1 atom stereocenters. The zero-order valence-electron chi connectivity index (χ0n) is 18.1. The van der Waals surface area contributed by atoms with Gasteiger partial charge in [-0.3, -0.25) is 9.59 Å². The van der Waals surface area contributed by atoms with Gasteiger partial charge < -0.3 is 10.2 Å². The molecule has 1 heterocycles. The van der Waals surface area contributed by atoms with E-state index in [1.807, 2.05) is 87.4 Å². The van der Waals surface area contributed by atoms with Crippen LogP contribution in [0.25, 0.3) is 5.69 Å². The number of aromatic nitrogens is 2. The lowest BCUT2D eigenvalue weighted by Crippen LogP contribution is -2.38. The molecule has 2 aromatic carbocycles. The van der Waals surface area contributed by atoms with Gasteiger partial charge in [0.1, 0.15) is 0 Å². The predicted molar refractivity (Wildman–Crippen MR) is 118 cm³/mol. The number of nitrogens with one attached hydrogen (secondary N) is 1. The molecular weight excluding hydrogens is 376 g/mol. The van der Waals surface area contributed by atoms with Crippen LogP contribution in [0.2, 0.25) is 0 Å². The number of ketones is 1. The van der Waals surface area contributed by atoms with E-state index in [1.54, 1.807) is 11.6 Å². The van der Waals surface area contributed by atoms with E-state index in [0.717, 1.165) is 11.3 Å². The van der Waals surface area contributed by atoms with Crippen LogP contribution in [-0.4, -0.2) is 47.0 Å². The van der Waals surface area contributed by atoms with Crippen LogP contribution in [0, 0.1) is 20.8 Å². The van der Waals surface area contributed by atoms with Crippen molar-refractivity contribution in [1.82, 2.24) is 20.0 Å². The van der Waals surface area contributed by atoms with E-state index in [1.165, 1.54) is 5.56 Å². The third-order valence-electron chi connectivity index (χ3n) is 5.27. The summed E-state index contributed by atoms with van der Waals surface area (Å²) in [7, 11) is 3.91. The second-order valence-corrected chi connectivity index (χ2v) is 7.72. The number of aryl methyl sites for hydroxylation is 2. The molecule has 3 rings (SSSR count). The molecule has 0 saturated carbocycles. The zero-order valence-corrected chi connectivity index (χ0v) is 18.1. The number of hydrogen-bond acceptors (Lipinski definition) is 4. The smallest absolute Gasteiger partial charge is 0.292 e. The van der Waals surface area contributed by atoms with Crippen LogP contribution in [0.15, 0.2) is 54.6 Å².